The van der Waals surface area contributed by atoms with Gasteiger partial charge in [0.05, 0.1) is 6.20 Å². The highest BCUT2D eigenvalue weighted by atomic mass is 16.6. The van der Waals surface area contributed by atoms with Crippen LogP contribution in [0.2, 0.25) is 0 Å². The largest absolute Gasteiger partial charge is 0.490 e. The summed E-state index contributed by atoms with van der Waals surface area (Å²) >= 11 is 0. The maximum Gasteiger partial charge on any atom is 0.407 e. The quantitative estimate of drug-likeness (QED) is 0.434. The molecule has 33 heavy (non-hydrogen) atoms. The first-order valence-electron chi connectivity index (χ1n) is 11.0. The molecule has 2 N–H and O–H groups in total. The van der Waals surface area contributed by atoms with Crippen LogP contribution in [0.5, 0.6) is 5.75 Å². The van der Waals surface area contributed by atoms with Gasteiger partial charge in [-0.3, -0.25) is 4.68 Å². The average Bonchev–Trinajstić information content (AvgIpc) is 3.16. The Morgan fingerprint density at radius 2 is 1.67 bits per heavy atom. The molecular formula is C24H35N3O6. The molecule has 1 aromatic heterocycles. The SMILES string of the molecule is CC(C)(C)OC(=O)NCCCn1cc(-c2ccc(OC[C@@H](O)C(=O)OC(C)(C)C)cc2)cn1. The smallest absolute Gasteiger partial charge is 0.407 e. The third-order valence-electron chi connectivity index (χ3n) is 4.14. The summed E-state index contributed by atoms with van der Waals surface area (Å²) in [6, 6.07) is 7.28. The lowest BCUT2D eigenvalue weighted by Crippen LogP contribution is -2.35. The van der Waals surface area contributed by atoms with E-state index in [-0.39, 0.29) is 6.61 Å². The number of carbonyl (C=O) groups is 2. The minimum Gasteiger partial charge on any atom is -0.490 e. The van der Waals surface area contributed by atoms with Gasteiger partial charge < -0.3 is 24.6 Å². The number of nitrogens with one attached hydrogen (secondary N) is 1. The number of benzene rings is 1. The van der Waals surface area contributed by atoms with Crippen molar-refractivity contribution in [3.8, 4) is 16.9 Å². The Morgan fingerprint density at radius 1 is 1.03 bits per heavy atom. The van der Waals surface area contributed by atoms with E-state index < -0.39 is 29.4 Å². The average molecular weight is 462 g/mol. The van der Waals surface area contributed by atoms with Gasteiger partial charge >= 0.3 is 12.1 Å². The number of amides is 1. The van der Waals surface area contributed by atoms with Gasteiger partial charge in [0.2, 0.25) is 0 Å². The first-order chi connectivity index (χ1) is 15.3. The zero-order chi connectivity index (χ0) is 24.6. The molecule has 2 aromatic rings. The number of alkyl carbamates (subject to hydrolysis) is 1. The van der Waals surface area contributed by atoms with E-state index in [9.17, 15) is 14.7 Å². The maximum absolute atomic E-state index is 11.8. The molecule has 0 saturated carbocycles. The number of esters is 1. The molecule has 182 valence electrons. The summed E-state index contributed by atoms with van der Waals surface area (Å²) in [5.74, 6) is -0.185. The zero-order valence-corrected chi connectivity index (χ0v) is 20.3. The summed E-state index contributed by atoms with van der Waals surface area (Å²) < 4.78 is 17.6. The molecule has 0 spiro atoms. The van der Waals surface area contributed by atoms with Crippen molar-refractivity contribution < 1.29 is 28.9 Å². The van der Waals surface area contributed by atoms with E-state index in [0.29, 0.717) is 25.3 Å². The fourth-order valence-electron chi connectivity index (χ4n) is 2.74. The lowest BCUT2D eigenvalue weighted by Gasteiger charge is -2.21. The van der Waals surface area contributed by atoms with Crippen LogP contribution < -0.4 is 10.1 Å². The van der Waals surface area contributed by atoms with Gasteiger partial charge in [-0.1, -0.05) is 12.1 Å². The Balaban J connectivity index is 1.78. The molecule has 0 aliphatic rings. The van der Waals surface area contributed by atoms with Crippen LogP contribution in [-0.2, 0) is 20.8 Å². The van der Waals surface area contributed by atoms with Crippen molar-refractivity contribution in [2.75, 3.05) is 13.2 Å². The summed E-state index contributed by atoms with van der Waals surface area (Å²) in [4.78, 5) is 23.5. The number of nitrogens with zero attached hydrogens (tertiary/aromatic N) is 2. The molecule has 0 radical (unpaired) electrons. The number of aliphatic hydroxyl groups excluding tert-OH is 1. The molecule has 1 aromatic carbocycles. The summed E-state index contributed by atoms with van der Waals surface area (Å²) in [6.07, 6.45) is 2.63. The van der Waals surface area contributed by atoms with Gasteiger partial charge in [0.25, 0.3) is 0 Å². The van der Waals surface area contributed by atoms with Crippen molar-refractivity contribution in [2.24, 2.45) is 0 Å². The number of aryl methyl sites for hydroxylation is 1. The molecule has 9 nitrogen and oxygen atoms in total. The van der Waals surface area contributed by atoms with Crippen LogP contribution in [0.4, 0.5) is 4.79 Å². The van der Waals surface area contributed by atoms with Gasteiger partial charge in [-0.25, -0.2) is 9.59 Å². The fraction of sp³-hybridized carbons (Fsp3) is 0.542. The Bertz CT molecular complexity index is 910. The zero-order valence-electron chi connectivity index (χ0n) is 20.3. The van der Waals surface area contributed by atoms with E-state index in [4.69, 9.17) is 14.2 Å². The molecular weight excluding hydrogens is 426 g/mol. The lowest BCUT2D eigenvalue weighted by molar-refractivity contribution is -0.166. The summed E-state index contributed by atoms with van der Waals surface area (Å²) in [5.41, 5.74) is 0.710. The van der Waals surface area contributed by atoms with Crippen LogP contribution >= 0.6 is 0 Å². The van der Waals surface area contributed by atoms with Gasteiger partial charge in [-0.05, 0) is 65.7 Å². The molecule has 0 saturated heterocycles. The molecule has 0 bridgehead atoms. The predicted molar refractivity (Wildman–Crippen MR) is 124 cm³/mol. The van der Waals surface area contributed by atoms with E-state index in [1.165, 1.54) is 0 Å². The van der Waals surface area contributed by atoms with E-state index in [1.54, 1.807) is 39.1 Å². The summed E-state index contributed by atoms with van der Waals surface area (Å²) in [7, 11) is 0. The second kappa shape index (κ2) is 11.2. The highest BCUT2D eigenvalue weighted by Gasteiger charge is 2.23. The standard InChI is InChI=1S/C24H35N3O6/c1-23(2,3)32-21(29)20(28)16-31-19-10-8-17(9-11-19)18-14-26-27(15-18)13-7-12-25-22(30)33-24(4,5)6/h8-11,14-15,20,28H,7,12-13,16H2,1-6H3,(H,25,30)/t20-/m1/s1. The normalized spacial score (nSPS) is 12.7. The highest BCUT2D eigenvalue weighted by molar-refractivity contribution is 5.75. The van der Waals surface area contributed by atoms with Crippen molar-refractivity contribution in [1.82, 2.24) is 15.1 Å². The van der Waals surface area contributed by atoms with Crippen molar-refractivity contribution in [1.29, 1.82) is 0 Å². The molecule has 1 atom stereocenters. The van der Waals surface area contributed by atoms with Gasteiger partial charge in [-0.15, -0.1) is 0 Å². The first-order valence-corrected chi connectivity index (χ1v) is 11.0. The molecule has 0 aliphatic heterocycles. The third kappa shape index (κ3) is 9.95. The van der Waals surface area contributed by atoms with E-state index in [2.05, 4.69) is 10.4 Å². The minimum atomic E-state index is -1.35. The predicted octanol–water partition coefficient (Wildman–Crippen LogP) is 3.55. The molecule has 0 unspecified atom stereocenters. The van der Waals surface area contributed by atoms with Crippen molar-refractivity contribution in [2.45, 2.75) is 71.8 Å². The number of rotatable bonds is 9. The minimum absolute atomic E-state index is 0.191. The molecule has 1 amide bonds. The number of carbonyl (C=O) groups excluding carboxylic acids is 2. The van der Waals surface area contributed by atoms with Gasteiger partial charge in [0, 0.05) is 24.8 Å². The topological polar surface area (TPSA) is 112 Å². The second-order valence-corrected chi connectivity index (χ2v) is 9.66. The van der Waals surface area contributed by atoms with Crippen LogP contribution in [0.1, 0.15) is 48.0 Å². The fourth-order valence-corrected chi connectivity index (χ4v) is 2.74. The number of aliphatic hydroxyl groups is 1. The van der Waals surface area contributed by atoms with E-state index in [1.807, 2.05) is 43.8 Å². The monoisotopic (exact) mass is 461 g/mol. The van der Waals surface area contributed by atoms with Crippen LogP contribution in [0.3, 0.4) is 0 Å². The van der Waals surface area contributed by atoms with E-state index >= 15 is 0 Å². The number of aromatic nitrogens is 2. The van der Waals surface area contributed by atoms with Crippen molar-refractivity contribution in [3.63, 3.8) is 0 Å². The maximum atomic E-state index is 11.8. The highest BCUT2D eigenvalue weighted by Crippen LogP contribution is 2.22. The van der Waals surface area contributed by atoms with E-state index in [0.717, 1.165) is 11.1 Å². The number of hydrogen-bond donors (Lipinski definition) is 2. The van der Waals surface area contributed by atoms with Gasteiger partial charge in [0.1, 0.15) is 23.6 Å². The van der Waals surface area contributed by atoms with Gasteiger partial charge in [0.15, 0.2) is 6.10 Å². The van der Waals surface area contributed by atoms with Crippen LogP contribution in [-0.4, -0.2) is 57.4 Å². The number of ether oxygens (including phenoxy) is 3. The molecule has 1 heterocycles. The van der Waals surface area contributed by atoms with Crippen LogP contribution in [0, 0.1) is 0 Å². The second-order valence-electron chi connectivity index (χ2n) is 9.66. The summed E-state index contributed by atoms with van der Waals surface area (Å²) in [5, 5.41) is 17.0. The Morgan fingerprint density at radius 3 is 2.27 bits per heavy atom. The van der Waals surface area contributed by atoms with Crippen molar-refractivity contribution >= 4 is 12.1 Å². The molecule has 9 heteroatoms. The Kier molecular flexibility index (Phi) is 8.87. The van der Waals surface area contributed by atoms with Gasteiger partial charge in [-0.2, -0.15) is 5.10 Å². The first kappa shape index (κ1) is 26.2. The van der Waals surface area contributed by atoms with Crippen LogP contribution in [0.25, 0.3) is 11.1 Å². The van der Waals surface area contributed by atoms with Crippen LogP contribution in [0.15, 0.2) is 36.7 Å². The van der Waals surface area contributed by atoms with Crippen molar-refractivity contribution in [3.05, 3.63) is 36.7 Å². The molecule has 0 fully saturated rings. The Labute approximate surface area is 195 Å². The molecule has 2 rings (SSSR count). The lowest BCUT2D eigenvalue weighted by atomic mass is 10.1. The molecule has 0 aliphatic carbocycles. The Hall–Kier alpha value is -3.07. The number of hydrogen-bond acceptors (Lipinski definition) is 7. The third-order valence-corrected chi connectivity index (χ3v) is 4.14. The summed E-state index contributed by atoms with van der Waals surface area (Å²) in [6.45, 7) is 11.6.